The molecule has 5 heteroatoms. The van der Waals surface area contributed by atoms with Gasteiger partial charge in [0.1, 0.15) is 6.54 Å². The van der Waals surface area contributed by atoms with Crippen molar-refractivity contribution in [1.82, 2.24) is 14.4 Å². The van der Waals surface area contributed by atoms with E-state index >= 15 is 0 Å². The zero-order chi connectivity index (χ0) is 20.5. The van der Waals surface area contributed by atoms with Crippen molar-refractivity contribution in [2.75, 3.05) is 6.54 Å². The number of nitrogens with zero attached hydrogens (tertiary/aromatic N) is 3. The molecule has 7 rings (SSSR count). The number of rotatable bonds is 7. The third-order valence-corrected chi connectivity index (χ3v) is 8.74. The molecule has 5 nitrogen and oxygen atoms in total. The molecule has 0 aliphatic heterocycles. The van der Waals surface area contributed by atoms with E-state index in [1.54, 1.807) is 0 Å². The van der Waals surface area contributed by atoms with Crippen molar-refractivity contribution in [3.05, 3.63) is 24.0 Å². The molecule has 0 spiro atoms. The summed E-state index contributed by atoms with van der Waals surface area (Å²) in [5.41, 5.74) is 1.03. The molecule has 6 fully saturated rings. The molecule has 1 aromatic rings. The van der Waals surface area contributed by atoms with Crippen LogP contribution in [0.15, 0.2) is 18.3 Å². The molecule has 162 valence electrons. The van der Waals surface area contributed by atoms with Crippen molar-refractivity contribution < 1.29 is 9.59 Å². The van der Waals surface area contributed by atoms with Crippen LogP contribution in [-0.2, 0) is 23.2 Å². The lowest BCUT2D eigenvalue weighted by Gasteiger charge is -2.56. The maximum atomic E-state index is 13.9. The Kier molecular flexibility index (Phi) is 4.33. The van der Waals surface area contributed by atoms with Crippen LogP contribution in [0, 0.1) is 23.2 Å². The monoisotopic (exact) mass is 409 g/mol. The molecule has 0 radical (unpaired) electrons. The fourth-order valence-electron chi connectivity index (χ4n) is 7.31. The summed E-state index contributed by atoms with van der Waals surface area (Å²) in [6.45, 7) is 0.962. The summed E-state index contributed by atoms with van der Waals surface area (Å²) >= 11 is 0. The molecule has 6 aliphatic carbocycles. The van der Waals surface area contributed by atoms with Gasteiger partial charge >= 0.3 is 0 Å². The van der Waals surface area contributed by atoms with Gasteiger partial charge < -0.3 is 14.4 Å². The summed E-state index contributed by atoms with van der Waals surface area (Å²) < 4.78 is 2.10. The Morgan fingerprint density at radius 1 is 0.967 bits per heavy atom. The second-order valence-electron chi connectivity index (χ2n) is 11.2. The Balaban J connectivity index is 1.20. The fourth-order valence-corrected chi connectivity index (χ4v) is 7.31. The molecule has 30 heavy (non-hydrogen) atoms. The van der Waals surface area contributed by atoms with E-state index < -0.39 is 0 Å². The van der Waals surface area contributed by atoms with E-state index in [1.807, 2.05) is 24.2 Å². The first-order chi connectivity index (χ1) is 14.5. The van der Waals surface area contributed by atoms with Crippen molar-refractivity contribution in [3.8, 4) is 0 Å². The first kappa shape index (κ1) is 18.9. The van der Waals surface area contributed by atoms with Crippen LogP contribution in [0.5, 0.6) is 0 Å². The van der Waals surface area contributed by atoms with Gasteiger partial charge in [0.25, 0.3) is 0 Å². The van der Waals surface area contributed by atoms with Crippen LogP contribution in [-0.4, -0.2) is 44.8 Å². The summed E-state index contributed by atoms with van der Waals surface area (Å²) in [6.07, 6.45) is 13.7. The van der Waals surface area contributed by atoms with Crippen LogP contribution in [0.2, 0.25) is 0 Å². The Labute approximate surface area is 179 Å². The van der Waals surface area contributed by atoms with Gasteiger partial charge in [0.2, 0.25) is 11.8 Å². The third-order valence-electron chi connectivity index (χ3n) is 8.74. The molecule has 0 saturated heterocycles. The number of hydrogen-bond acceptors (Lipinski definition) is 2. The average molecular weight is 410 g/mol. The van der Waals surface area contributed by atoms with Crippen molar-refractivity contribution in [2.45, 2.75) is 82.8 Å². The van der Waals surface area contributed by atoms with Gasteiger partial charge in [-0.25, -0.2) is 0 Å². The van der Waals surface area contributed by atoms with Gasteiger partial charge in [0.15, 0.2) is 0 Å². The lowest BCUT2D eigenvalue weighted by atomic mass is 9.49. The Morgan fingerprint density at radius 2 is 1.53 bits per heavy atom. The van der Waals surface area contributed by atoms with Crippen molar-refractivity contribution in [1.29, 1.82) is 0 Å². The molecule has 0 aromatic carbocycles. The standard InChI is InChI=1S/C25H35N3O2/c1-26-8-2-3-22(26)15-27(20-4-5-20)23(29)16-28(21-6-7-21)24(30)25-12-17-9-18(13-25)11-19(10-17)14-25/h2-3,8,17-21H,4-7,9-16H2,1H3. The molecule has 2 amide bonds. The Morgan fingerprint density at radius 3 is 2.03 bits per heavy atom. The largest absolute Gasteiger partial charge is 0.353 e. The maximum Gasteiger partial charge on any atom is 0.242 e. The summed E-state index contributed by atoms with van der Waals surface area (Å²) in [5.74, 6) is 2.78. The number of carbonyl (C=O) groups is 2. The van der Waals surface area contributed by atoms with Crippen LogP contribution >= 0.6 is 0 Å². The fraction of sp³-hybridized carbons (Fsp3) is 0.760. The summed E-state index contributed by atoms with van der Waals surface area (Å²) in [4.78, 5) is 31.5. The average Bonchev–Trinajstić information content (AvgIpc) is 3.62. The van der Waals surface area contributed by atoms with E-state index in [2.05, 4.69) is 15.5 Å². The minimum absolute atomic E-state index is 0.139. The zero-order valence-electron chi connectivity index (χ0n) is 18.3. The predicted octanol–water partition coefficient (Wildman–Crippen LogP) is 3.72. The molecule has 4 bridgehead atoms. The van der Waals surface area contributed by atoms with Gasteiger partial charge in [-0.2, -0.15) is 0 Å². The van der Waals surface area contributed by atoms with E-state index in [9.17, 15) is 9.59 Å². The lowest BCUT2D eigenvalue weighted by Crippen LogP contribution is -2.56. The number of hydrogen-bond donors (Lipinski definition) is 0. The number of amides is 2. The highest BCUT2D eigenvalue weighted by Crippen LogP contribution is 2.61. The highest BCUT2D eigenvalue weighted by atomic mass is 16.2. The predicted molar refractivity (Wildman–Crippen MR) is 114 cm³/mol. The van der Waals surface area contributed by atoms with Gasteiger partial charge in [-0.15, -0.1) is 0 Å². The molecule has 0 atom stereocenters. The zero-order valence-corrected chi connectivity index (χ0v) is 18.3. The normalized spacial score (nSPS) is 34.2. The Hall–Kier alpha value is -1.78. The molecule has 0 N–H and O–H groups in total. The van der Waals surface area contributed by atoms with Gasteiger partial charge in [-0.1, -0.05) is 0 Å². The lowest BCUT2D eigenvalue weighted by molar-refractivity contribution is -0.161. The molecular weight excluding hydrogens is 374 g/mol. The van der Waals surface area contributed by atoms with Crippen molar-refractivity contribution >= 4 is 11.8 Å². The summed E-state index contributed by atoms with van der Waals surface area (Å²) in [7, 11) is 2.04. The minimum Gasteiger partial charge on any atom is -0.353 e. The first-order valence-corrected chi connectivity index (χ1v) is 12.2. The van der Waals surface area contributed by atoms with Crippen LogP contribution in [0.4, 0.5) is 0 Å². The molecule has 0 unspecified atom stereocenters. The topological polar surface area (TPSA) is 45.6 Å². The van der Waals surface area contributed by atoms with Crippen LogP contribution < -0.4 is 0 Å². The van der Waals surface area contributed by atoms with Crippen molar-refractivity contribution in [2.24, 2.45) is 30.2 Å². The minimum atomic E-state index is -0.139. The Bertz CT molecular complexity index is 815. The van der Waals surface area contributed by atoms with Crippen LogP contribution in [0.25, 0.3) is 0 Å². The number of carbonyl (C=O) groups excluding carboxylic acids is 2. The summed E-state index contributed by atoms with van der Waals surface area (Å²) in [5, 5.41) is 0. The van der Waals surface area contributed by atoms with Crippen LogP contribution in [0.3, 0.4) is 0 Å². The van der Waals surface area contributed by atoms with Gasteiger partial charge in [-0.3, -0.25) is 9.59 Å². The van der Waals surface area contributed by atoms with Crippen LogP contribution in [0.1, 0.15) is 69.9 Å². The quantitative estimate of drug-likeness (QED) is 0.689. The molecule has 1 aromatic heterocycles. The van der Waals surface area contributed by atoms with Crippen molar-refractivity contribution in [3.63, 3.8) is 0 Å². The maximum absolute atomic E-state index is 13.9. The van der Waals surface area contributed by atoms with E-state index in [1.165, 1.54) is 25.0 Å². The van der Waals surface area contributed by atoms with Gasteiger partial charge in [-0.05, 0) is 94.1 Å². The van der Waals surface area contributed by atoms with E-state index in [-0.39, 0.29) is 11.3 Å². The summed E-state index contributed by atoms with van der Waals surface area (Å²) in [6, 6.07) is 4.81. The van der Waals surface area contributed by atoms with Gasteiger partial charge in [0, 0.05) is 31.0 Å². The molecule has 1 heterocycles. The smallest absolute Gasteiger partial charge is 0.242 e. The van der Waals surface area contributed by atoms with E-state index in [0.29, 0.717) is 31.1 Å². The highest BCUT2D eigenvalue weighted by Gasteiger charge is 2.57. The second-order valence-corrected chi connectivity index (χ2v) is 11.2. The second kappa shape index (κ2) is 6.86. The van der Waals surface area contributed by atoms with E-state index in [0.717, 1.165) is 62.7 Å². The SMILES string of the molecule is Cn1cccc1CN(C(=O)CN(C(=O)C12CC3CC(CC(C3)C1)C2)C1CC1)C1CC1. The molecule has 6 saturated carbocycles. The van der Waals surface area contributed by atoms with E-state index in [4.69, 9.17) is 0 Å². The first-order valence-electron chi connectivity index (χ1n) is 12.2. The number of aromatic nitrogens is 1. The number of aryl methyl sites for hydroxylation is 1. The highest BCUT2D eigenvalue weighted by molar-refractivity contribution is 5.89. The van der Waals surface area contributed by atoms with Gasteiger partial charge in [0.05, 0.1) is 12.0 Å². The molecule has 6 aliphatic rings. The third kappa shape index (κ3) is 3.29. The molecular formula is C25H35N3O2.